The molecule has 0 aliphatic carbocycles. The van der Waals surface area contributed by atoms with Crippen LogP contribution < -0.4 is 10.1 Å². The Balaban J connectivity index is 1.39. The maximum atomic E-state index is 12.2. The fourth-order valence-electron chi connectivity index (χ4n) is 2.84. The SMILES string of the molecule is Cn1cc(C2CCN(C(=O)NCCOc3ccc(Cl)cc3)C2)cn1. The molecule has 0 spiro atoms. The molecule has 2 heterocycles. The van der Waals surface area contributed by atoms with E-state index in [0.717, 1.165) is 25.3 Å². The number of nitrogens with one attached hydrogen (secondary N) is 1. The van der Waals surface area contributed by atoms with Crippen molar-refractivity contribution in [2.45, 2.75) is 12.3 Å². The second-order valence-electron chi connectivity index (χ2n) is 5.91. The quantitative estimate of drug-likeness (QED) is 0.845. The Morgan fingerprint density at radius 3 is 2.92 bits per heavy atom. The summed E-state index contributed by atoms with van der Waals surface area (Å²) < 4.78 is 7.36. The molecule has 1 aliphatic heterocycles. The van der Waals surface area contributed by atoms with E-state index in [1.807, 2.05) is 36.5 Å². The Hall–Kier alpha value is -2.21. The van der Waals surface area contributed by atoms with E-state index in [9.17, 15) is 4.79 Å². The zero-order valence-electron chi connectivity index (χ0n) is 13.6. The molecule has 7 heteroatoms. The van der Waals surface area contributed by atoms with Crippen molar-refractivity contribution in [1.29, 1.82) is 0 Å². The monoisotopic (exact) mass is 348 g/mol. The molecular formula is C17H21ClN4O2. The summed E-state index contributed by atoms with van der Waals surface area (Å²) in [5, 5.41) is 7.77. The van der Waals surface area contributed by atoms with Crippen LogP contribution in [0.25, 0.3) is 0 Å². The summed E-state index contributed by atoms with van der Waals surface area (Å²) in [5.41, 5.74) is 1.19. The van der Waals surface area contributed by atoms with E-state index < -0.39 is 0 Å². The van der Waals surface area contributed by atoms with Crippen LogP contribution in [-0.2, 0) is 7.05 Å². The lowest BCUT2D eigenvalue weighted by Crippen LogP contribution is -2.40. The molecule has 1 atom stereocenters. The van der Waals surface area contributed by atoms with Crippen LogP contribution in [0.3, 0.4) is 0 Å². The highest BCUT2D eigenvalue weighted by atomic mass is 35.5. The molecule has 1 N–H and O–H groups in total. The minimum absolute atomic E-state index is 0.0407. The summed E-state index contributed by atoms with van der Waals surface area (Å²) in [6.07, 6.45) is 4.87. The highest BCUT2D eigenvalue weighted by Crippen LogP contribution is 2.26. The lowest BCUT2D eigenvalue weighted by molar-refractivity contribution is 0.204. The van der Waals surface area contributed by atoms with Gasteiger partial charge in [-0.1, -0.05) is 11.6 Å². The number of likely N-dealkylation sites (tertiary alicyclic amines) is 1. The number of ether oxygens (including phenoxy) is 1. The van der Waals surface area contributed by atoms with Crippen molar-refractivity contribution < 1.29 is 9.53 Å². The molecule has 1 unspecified atom stereocenters. The number of amides is 2. The molecule has 0 saturated carbocycles. The third kappa shape index (κ3) is 4.20. The predicted octanol–water partition coefficient (Wildman–Crippen LogP) is 2.65. The molecule has 0 radical (unpaired) electrons. The first-order valence-electron chi connectivity index (χ1n) is 8.01. The Labute approximate surface area is 146 Å². The topological polar surface area (TPSA) is 59.4 Å². The lowest BCUT2D eigenvalue weighted by atomic mass is 10.0. The van der Waals surface area contributed by atoms with Gasteiger partial charge in [-0.2, -0.15) is 5.10 Å². The standard InChI is InChI=1S/C17H21ClN4O2/c1-21-11-14(10-20-21)13-6-8-22(12-13)17(23)19-7-9-24-16-4-2-15(18)3-5-16/h2-5,10-11,13H,6-9,12H2,1H3,(H,19,23). The van der Waals surface area contributed by atoms with Crippen molar-refractivity contribution in [2.24, 2.45) is 7.05 Å². The van der Waals surface area contributed by atoms with Crippen molar-refractivity contribution in [3.05, 3.63) is 47.2 Å². The van der Waals surface area contributed by atoms with Gasteiger partial charge >= 0.3 is 6.03 Å². The summed E-state index contributed by atoms with van der Waals surface area (Å²) in [6, 6.07) is 7.13. The van der Waals surface area contributed by atoms with Gasteiger partial charge in [0.15, 0.2) is 0 Å². The Morgan fingerprint density at radius 1 is 1.42 bits per heavy atom. The molecule has 1 aliphatic rings. The minimum Gasteiger partial charge on any atom is -0.492 e. The number of benzene rings is 1. The maximum absolute atomic E-state index is 12.2. The second-order valence-corrected chi connectivity index (χ2v) is 6.35. The number of rotatable bonds is 5. The van der Waals surface area contributed by atoms with Crippen LogP contribution in [0.15, 0.2) is 36.7 Å². The van der Waals surface area contributed by atoms with Crippen molar-refractivity contribution in [1.82, 2.24) is 20.0 Å². The lowest BCUT2D eigenvalue weighted by Gasteiger charge is -2.17. The molecule has 1 aromatic heterocycles. The van der Waals surface area contributed by atoms with Crippen LogP contribution in [0, 0.1) is 0 Å². The van der Waals surface area contributed by atoms with Gasteiger partial charge < -0.3 is 15.0 Å². The van der Waals surface area contributed by atoms with Gasteiger partial charge in [-0.15, -0.1) is 0 Å². The van der Waals surface area contributed by atoms with Crippen molar-refractivity contribution >= 4 is 17.6 Å². The molecule has 1 aromatic carbocycles. The Morgan fingerprint density at radius 2 is 2.21 bits per heavy atom. The van der Waals surface area contributed by atoms with Crippen LogP contribution in [0.2, 0.25) is 5.02 Å². The van der Waals surface area contributed by atoms with Crippen LogP contribution in [0.5, 0.6) is 5.75 Å². The number of aromatic nitrogens is 2. The first kappa shape index (κ1) is 16.6. The van der Waals surface area contributed by atoms with E-state index >= 15 is 0 Å². The normalized spacial score (nSPS) is 17.1. The number of hydrogen-bond acceptors (Lipinski definition) is 3. The molecule has 3 rings (SSSR count). The first-order chi connectivity index (χ1) is 11.6. The summed E-state index contributed by atoms with van der Waals surface area (Å²) >= 11 is 5.82. The number of hydrogen-bond donors (Lipinski definition) is 1. The average Bonchev–Trinajstić information content (AvgIpc) is 3.22. The first-order valence-corrected chi connectivity index (χ1v) is 8.39. The molecule has 2 aromatic rings. The summed E-state index contributed by atoms with van der Waals surface area (Å²) in [7, 11) is 1.91. The van der Waals surface area contributed by atoms with Crippen molar-refractivity contribution in [3.8, 4) is 5.75 Å². The number of carbonyl (C=O) groups is 1. The highest BCUT2D eigenvalue weighted by Gasteiger charge is 2.27. The molecule has 1 saturated heterocycles. The molecular weight excluding hydrogens is 328 g/mol. The van der Waals surface area contributed by atoms with E-state index in [2.05, 4.69) is 10.4 Å². The zero-order valence-corrected chi connectivity index (χ0v) is 14.4. The molecule has 0 bridgehead atoms. The summed E-state index contributed by atoms with van der Waals surface area (Å²) in [5.74, 6) is 1.11. The minimum atomic E-state index is -0.0407. The van der Waals surface area contributed by atoms with Crippen LogP contribution in [0.1, 0.15) is 17.9 Å². The van der Waals surface area contributed by atoms with Crippen molar-refractivity contribution in [2.75, 3.05) is 26.2 Å². The molecule has 128 valence electrons. The third-order valence-electron chi connectivity index (χ3n) is 4.13. The van der Waals surface area contributed by atoms with E-state index in [0.29, 0.717) is 24.1 Å². The number of urea groups is 1. The van der Waals surface area contributed by atoms with Gasteiger partial charge in [0.2, 0.25) is 0 Å². The predicted molar refractivity (Wildman–Crippen MR) is 92.5 cm³/mol. The van der Waals surface area contributed by atoms with Gasteiger partial charge in [-0.25, -0.2) is 4.79 Å². The zero-order chi connectivity index (χ0) is 16.9. The van der Waals surface area contributed by atoms with Gasteiger partial charge in [0.1, 0.15) is 12.4 Å². The fraction of sp³-hybridized carbons (Fsp3) is 0.412. The van der Waals surface area contributed by atoms with Gasteiger partial charge in [0, 0.05) is 37.3 Å². The number of halogens is 1. The Bertz CT molecular complexity index is 686. The highest BCUT2D eigenvalue weighted by molar-refractivity contribution is 6.30. The molecule has 6 nitrogen and oxygen atoms in total. The average molecular weight is 349 g/mol. The van der Waals surface area contributed by atoms with E-state index in [-0.39, 0.29) is 6.03 Å². The maximum Gasteiger partial charge on any atom is 0.317 e. The number of aryl methyl sites for hydroxylation is 1. The van der Waals surface area contributed by atoms with Gasteiger partial charge in [-0.3, -0.25) is 4.68 Å². The number of carbonyl (C=O) groups excluding carboxylic acids is 1. The van der Waals surface area contributed by atoms with Crippen molar-refractivity contribution in [3.63, 3.8) is 0 Å². The van der Waals surface area contributed by atoms with Gasteiger partial charge in [-0.05, 0) is 36.2 Å². The second kappa shape index (κ2) is 7.57. The van der Waals surface area contributed by atoms with Gasteiger partial charge in [0.25, 0.3) is 0 Å². The van der Waals surface area contributed by atoms with E-state index in [1.54, 1.807) is 16.8 Å². The van der Waals surface area contributed by atoms with Crippen LogP contribution in [0.4, 0.5) is 4.79 Å². The fourth-order valence-corrected chi connectivity index (χ4v) is 2.96. The smallest absolute Gasteiger partial charge is 0.317 e. The number of nitrogens with zero attached hydrogens (tertiary/aromatic N) is 3. The third-order valence-corrected chi connectivity index (χ3v) is 4.38. The van der Waals surface area contributed by atoms with Crippen LogP contribution in [-0.4, -0.2) is 47.0 Å². The molecule has 2 amide bonds. The molecule has 24 heavy (non-hydrogen) atoms. The largest absolute Gasteiger partial charge is 0.492 e. The Kier molecular flexibility index (Phi) is 5.25. The van der Waals surface area contributed by atoms with Gasteiger partial charge in [0.05, 0.1) is 12.7 Å². The van der Waals surface area contributed by atoms with E-state index in [1.165, 1.54) is 5.56 Å². The van der Waals surface area contributed by atoms with Crippen LogP contribution >= 0.6 is 11.6 Å². The summed E-state index contributed by atoms with van der Waals surface area (Å²) in [6.45, 7) is 2.39. The molecule has 1 fully saturated rings. The van der Waals surface area contributed by atoms with E-state index in [4.69, 9.17) is 16.3 Å². The summed E-state index contributed by atoms with van der Waals surface area (Å²) in [4.78, 5) is 14.1.